The first-order valence-corrected chi connectivity index (χ1v) is 4.99. The van der Waals surface area contributed by atoms with Gasteiger partial charge in [-0.15, -0.1) is 6.42 Å². The number of aliphatic hydroxyl groups is 1. The van der Waals surface area contributed by atoms with Crippen LogP contribution < -0.4 is 0 Å². The van der Waals surface area contributed by atoms with E-state index in [9.17, 15) is 5.11 Å². The molecule has 0 heterocycles. The second kappa shape index (κ2) is 5.22. The van der Waals surface area contributed by atoms with Gasteiger partial charge in [-0.2, -0.15) is 0 Å². The standard InChI is InChI=1S/C11H18O/c1-2-11(12)10-8-6-4-3-5-7-9-10/h1,10-12H,3-9H2/t11-/m1/s1. The highest BCUT2D eigenvalue weighted by Gasteiger charge is 2.17. The Morgan fingerprint density at radius 1 is 1.08 bits per heavy atom. The monoisotopic (exact) mass is 166 g/mol. The Bertz CT molecular complexity index is 149. The molecule has 0 aromatic carbocycles. The Hall–Kier alpha value is -0.480. The van der Waals surface area contributed by atoms with Gasteiger partial charge in [-0.1, -0.05) is 38.0 Å². The Morgan fingerprint density at radius 3 is 2.08 bits per heavy atom. The number of hydrogen-bond acceptors (Lipinski definition) is 1. The van der Waals surface area contributed by atoms with E-state index in [1.165, 1.54) is 32.1 Å². The van der Waals surface area contributed by atoms with E-state index in [4.69, 9.17) is 6.42 Å². The summed E-state index contributed by atoms with van der Waals surface area (Å²) in [5.41, 5.74) is 0. The van der Waals surface area contributed by atoms with Gasteiger partial charge in [-0.05, 0) is 18.8 Å². The fourth-order valence-electron chi connectivity index (χ4n) is 1.94. The minimum absolute atomic E-state index is 0.371. The van der Waals surface area contributed by atoms with Crippen molar-refractivity contribution in [1.82, 2.24) is 0 Å². The van der Waals surface area contributed by atoms with Crippen molar-refractivity contribution in [1.29, 1.82) is 0 Å². The lowest BCUT2D eigenvalue weighted by Gasteiger charge is -2.21. The molecule has 0 unspecified atom stereocenters. The maximum atomic E-state index is 9.46. The van der Waals surface area contributed by atoms with Gasteiger partial charge in [0.05, 0.1) is 0 Å². The van der Waals surface area contributed by atoms with Crippen LogP contribution in [0.5, 0.6) is 0 Å². The van der Waals surface area contributed by atoms with Crippen molar-refractivity contribution in [3.63, 3.8) is 0 Å². The van der Waals surface area contributed by atoms with E-state index in [0.717, 1.165) is 12.8 Å². The van der Waals surface area contributed by atoms with Crippen molar-refractivity contribution < 1.29 is 5.11 Å². The lowest BCUT2D eigenvalue weighted by molar-refractivity contribution is 0.140. The smallest absolute Gasteiger partial charge is 0.117 e. The average Bonchev–Trinajstić information content (AvgIpc) is 2.02. The number of rotatable bonds is 1. The lowest BCUT2D eigenvalue weighted by Crippen LogP contribution is -2.19. The first kappa shape index (κ1) is 9.61. The Kier molecular flexibility index (Phi) is 4.18. The predicted molar refractivity (Wildman–Crippen MR) is 50.6 cm³/mol. The third kappa shape index (κ3) is 2.87. The Balaban J connectivity index is 2.35. The van der Waals surface area contributed by atoms with Crippen LogP contribution in [0, 0.1) is 18.3 Å². The fraction of sp³-hybridized carbons (Fsp3) is 0.818. The molecule has 0 bridgehead atoms. The SMILES string of the molecule is C#C[C@@H](O)C1CCCCCCC1. The van der Waals surface area contributed by atoms with Crippen molar-refractivity contribution in [2.75, 3.05) is 0 Å². The molecule has 68 valence electrons. The zero-order chi connectivity index (χ0) is 8.81. The topological polar surface area (TPSA) is 20.2 Å². The van der Waals surface area contributed by atoms with Gasteiger partial charge in [0.2, 0.25) is 0 Å². The van der Waals surface area contributed by atoms with Gasteiger partial charge in [0.1, 0.15) is 6.10 Å². The third-order valence-electron chi connectivity index (χ3n) is 2.77. The van der Waals surface area contributed by atoms with Crippen LogP contribution in [0.25, 0.3) is 0 Å². The van der Waals surface area contributed by atoms with Gasteiger partial charge in [0.25, 0.3) is 0 Å². The van der Waals surface area contributed by atoms with Crippen LogP contribution in [0.15, 0.2) is 0 Å². The summed E-state index contributed by atoms with van der Waals surface area (Å²) in [6.07, 6.45) is 13.4. The van der Waals surface area contributed by atoms with E-state index in [0.29, 0.717) is 5.92 Å². The van der Waals surface area contributed by atoms with Crippen LogP contribution in [0.2, 0.25) is 0 Å². The summed E-state index contributed by atoms with van der Waals surface area (Å²) in [6.45, 7) is 0. The summed E-state index contributed by atoms with van der Waals surface area (Å²) in [5.74, 6) is 2.81. The third-order valence-corrected chi connectivity index (χ3v) is 2.77. The molecule has 1 atom stereocenters. The molecule has 0 radical (unpaired) electrons. The zero-order valence-corrected chi connectivity index (χ0v) is 7.63. The van der Waals surface area contributed by atoms with E-state index < -0.39 is 6.10 Å². The molecule has 0 aliphatic heterocycles. The molecule has 1 rings (SSSR count). The number of aliphatic hydroxyl groups excluding tert-OH is 1. The van der Waals surface area contributed by atoms with Crippen LogP contribution in [0.4, 0.5) is 0 Å². The van der Waals surface area contributed by atoms with E-state index in [2.05, 4.69) is 5.92 Å². The molecule has 0 aromatic heterocycles. The van der Waals surface area contributed by atoms with Gasteiger partial charge in [0.15, 0.2) is 0 Å². The molecule has 0 aromatic rings. The molecule has 0 saturated heterocycles. The van der Waals surface area contributed by atoms with Gasteiger partial charge in [-0.3, -0.25) is 0 Å². The quantitative estimate of drug-likeness (QED) is 0.593. The average molecular weight is 166 g/mol. The van der Waals surface area contributed by atoms with E-state index in [1.807, 2.05) is 0 Å². The molecule has 1 N–H and O–H groups in total. The Labute approximate surface area is 75.2 Å². The zero-order valence-electron chi connectivity index (χ0n) is 7.63. The molecule has 1 heteroatoms. The first-order valence-electron chi connectivity index (χ1n) is 4.99. The minimum Gasteiger partial charge on any atom is -0.380 e. The van der Waals surface area contributed by atoms with E-state index in [1.54, 1.807) is 0 Å². The van der Waals surface area contributed by atoms with Gasteiger partial charge >= 0.3 is 0 Å². The molecular weight excluding hydrogens is 148 g/mol. The van der Waals surface area contributed by atoms with Crippen LogP contribution in [0.3, 0.4) is 0 Å². The first-order chi connectivity index (χ1) is 5.84. The van der Waals surface area contributed by atoms with E-state index in [-0.39, 0.29) is 0 Å². The van der Waals surface area contributed by atoms with Crippen molar-refractivity contribution in [3.8, 4) is 12.3 Å². The molecule has 1 nitrogen and oxygen atoms in total. The van der Waals surface area contributed by atoms with Gasteiger partial charge in [-0.25, -0.2) is 0 Å². The number of terminal acetylenes is 1. The van der Waals surface area contributed by atoms with E-state index >= 15 is 0 Å². The summed E-state index contributed by atoms with van der Waals surface area (Å²) >= 11 is 0. The molecule has 0 spiro atoms. The highest BCUT2D eigenvalue weighted by molar-refractivity contribution is 4.96. The highest BCUT2D eigenvalue weighted by atomic mass is 16.3. The molecule has 1 aliphatic rings. The second-order valence-corrected chi connectivity index (χ2v) is 3.72. The minimum atomic E-state index is -0.497. The predicted octanol–water partition coefficient (Wildman–Crippen LogP) is 2.34. The van der Waals surface area contributed by atoms with Gasteiger partial charge < -0.3 is 5.11 Å². The summed E-state index contributed by atoms with van der Waals surface area (Å²) in [7, 11) is 0. The highest BCUT2D eigenvalue weighted by Crippen LogP contribution is 2.24. The van der Waals surface area contributed by atoms with Crippen LogP contribution in [0.1, 0.15) is 44.9 Å². The molecule has 1 saturated carbocycles. The Morgan fingerprint density at radius 2 is 1.58 bits per heavy atom. The van der Waals surface area contributed by atoms with Crippen molar-refractivity contribution >= 4 is 0 Å². The fourth-order valence-corrected chi connectivity index (χ4v) is 1.94. The van der Waals surface area contributed by atoms with Crippen molar-refractivity contribution in [2.45, 2.75) is 51.0 Å². The van der Waals surface area contributed by atoms with Crippen LogP contribution in [-0.4, -0.2) is 11.2 Å². The summed E-state index contributed by atoms with van der Waals surface area (Å²) in [6, 6.07) is 0. The molecule has 1 aliphatic carbocycles. The molecule has 12 heavy (non-hydrogen) atoms. The maximum absolute atomic E-state index is 9.46. The maximum Gasteiger partial charge on any atom is 0.117 e. The molecule has 0 amide bonds. The molecule has 1 fully saturated rings. The molecular formula is C11H18O. The van der Waals surface area contributed by atoms with Crippen LogP contribution >= 0.6 is 0 Å². The summed E-state index contributed by atoms with van der Waals surface area (Å²) in [5, 5.41) is 9.46. The van der Waals surface area contributed by atoms with Crippen LogP contribution in [-0.2, 0) is 0 Å². The van der Waals surface area contributed by atoms with Gasteiger partial charge in [0, 0.05) is 0 Å². The van der Waals surface area contributed by atoms with Crippen molar-refractivity contribution in [3.05, 3.63) is 0 Å². The normalized spacial score (nSPS) is 23.7. The lowest BCUT2D eigenvalue weighted by atomic mass is 9.87. The van der Waals surface area contributed by atoms with Crippen molar-refractivity contribution in [2.24, 2.45) is 5.92 Å². The largest absolute Gasteiger partial charge is 0.380 e. The second-order valence-electron chi connectivity index (χ2n) is 3.72. The summed E-state index contributed by atoms with van der Waals surface area (Å²) < 4.78 is 0. The number of hydrogen-bond donors (Lipinski definition) is 1. The summed E-state index contributed by atoms with van der Waals surface area (Å²) in [4.78, 5) is 0.